The second-order valence-electron chi connectivity index (χ2n) is 7.24. The Morgan fingerprint density at radius 2 is 1.86 bits per heavy atom. The van der Waals surface area contributed by atoms with Gasteiger partial charge in [0.15, 0.2) is 0 Å². The minimum Gasteiger partial charge on any atom is -0.340 e. The molecule has 0 aromatic carbocycles. The van der Waals surface area contributed by atoms with E-state index in [1.807, 2.05) is 12.4 Å². The monoisotopic (exact) mass is 299 g/mol. The van der Waals surface area contributed by atoms with Crippen LogP contribution in [0.5, 0.6) is 0 Å². The Morgan fingerprint density at radius 3 is 2.50 bits per heavy atom. The number of hydrogen-bond acceptors (Lipinski definition) is 3. The molecule has 1 aromatic rings. The van der Waals surface area contributed by atoms with Gasteiger partial charge in [-0.3, -0.25) is 14.7 Å². The fraction of sp³-hybridized carbons (Fsp3) is 0.667. The summed E-state index contributed by atoms with van der Waals surface area (Å²) >= 11 is 0. The van der Waals surface area contributed by atoms with Crippen molar-refractivity contribution in [1.29, 1.82) is 0 Å². The molecule has 3 atom stereocenters. The van der Waals surface area contributed by atoms with Gasteiger partial charge in [-0.25, -0.2) is 0 Å². The molecule has 3 fully saturated rings. The van der Waals surface area contributed by atoms with E-state index in [2.05, 4.69) is 26.9 Å². The molecule has 3 aliphatic rings. The molecule has 4 rings (SSSR count). The standard InChI is InChI=1S/C18H25N3O/c22-18(17-12-15-1-2-16(17)11-15)21-9-7-20(8-10-21)13-14-3-5-19-6-4-14/h3-6,15-17H,1-2,7-13H2. The number of amides is 1. The molecule has 4 heteroatoms. The minimum absolute atomic E-state index is 0.352. The number of fused-ring (bicyclic) bond motifs is 2. The number of pyridine rings is 1. The Bertz CT molecular complexity index is 524. The molecule has 4 nitrogen and oxygen atoms in total. The molecule has 0 spiro atoms. The molecule has 1 aromatic heterocycles. The van der Waals surface area contributed by atoms with Crippen molar-refractivity contribution in [3.63, 3.8) is 0 Å². The third-order valence-electron chi connectivity index (χ3n) is 5.89. The smallest absolute Gasteiger partial charge is 0.226 e. The van der Waals surface area contributed by atoms with E-state index in [0.717, 1.165) is 38.6 Å². The van der Waals surface area contributed by atoms with Gasteiger partial charge in [0.2, 0.25) is 5.91 Å². The molecular formula is C18H25N3O. The van der Waals surface area contributed by atoms with Crippen molar-refractivity contribution in [1.82, 2.24) is 14.8 Å². The first-order valence-electron chi connectivity index (χ1n) is 8.69. The van der Waals surface area contributed by atoms with Gasteiger partial charge < -0.3 is 4.90 Å². The average molecular weight is 299 g/mol. The van der Waals surface area contributed by atoms with Gasteiger partial charge in [0.05, 0.1) is 0 Å². The molecule has 2 aliphatic carbocycles. The van der Waals surface area contributed by atoms with Gasteiger partial charge in [-0.2, -0.15) is 0 Å². The summed E-state index contributed by atoms with van der Waals surface area (Å²) < 4.78 is 0. The first kappa shape index (κ1) is 14.2. The van der Waals surface area contributed by atoms with Crippen molar-refractivity contribution in [2.75, 3.05) is 26.2 Å². The molecule has 22 heavy (non-hydrogen) atoms. The van der Waals surface area contributed by atoms with E-state index in [9.17, 15) is 4.79 Å². The lowest BCUT2D eigenvalue weighted by Crippen LogP contribution is -2.50. The lowest BCUT2D eigenvalue weighted by Gasteiger charge is -2.37. The fourth-order valence-electron chi connectivity index (χ4n) is 4.65. The summed E-state index contributed by atoms with van der Waals surface area (Å²) in [6.07, 6.45) is 8.85. The number of aromatic nitrogens is 1. The number of carbonyl (C=O) groups excluding carboxylic acids is 1. The first-order chi connectivity index (χ1) is 10.8. The van der Waals surface area contributed by atoms with Crippen molar-refractivity contribution < 1.29 is 4.79 Å². The summed E-state index contributed by atoms with van der Waals surface area (Å²) in [6.45, 7) is 4.76. The predicted molar refractivity (Wildman–Crippen MR) is 85.0 cm³/mol. The third-order valence-corrected chi connectivity index (χ3v) is 5.89. The lowest BCUT2D eigenvalue weighted by molar-refractivity contribution is -0.139. The van der Waals surface area contributed by atoms with E-state index in [-0.39, 0.29) is 0 Å². The zero-order chi connectivity index (χ0) is 14.9. The molecule has 0 N–H and O–H groups in total. The summed E-state index contributed by atoms with van der Waals surface area (Å²) in [7, 11) is 0. The second-order valence-corrected chi connectivity index (χ2v) is 7.24. The van der Waals surface area contributed by atoms with Crippen LogP contribution in [-0.2, 0) is 11.3 Å². The summed E-state index contributed by atoms with van der Waals surface area (Å²) in [4.78, 5) is 21.4. The summed E-state index contributed by atoms with van der Waals surface area (Å²) in [5, 5.41) is 0. The molecule has 1 aliphatic heterocycles. The number of hydrogen-bond donors (Lipinski definition) is 0. The van der Waals surface area contributed by atoms with Crippen LogP contribution in [0.1, 0.15) is 31.2 Å². The SMILES string of the molecule is O=C(C1CC2CCC1C2)N1CCN(Cc2ccncc2)CC1. The van der Waals surface area contributed by atoms with Crippen LogP contribution in [0.2, 0.25) is 0 Å². The van der Waals surface area contributed by atoms with Crippen molar-refractivity contribution >= 4 is 5.91 Å². The van der Waals surface area contributed by atoms with E-state index in [1.165, 1.54) is 31.2 Å². The van der Waals surface area contributed by atoms with E-state index in [1.54, 1.807) is 0 Å². The van der Waals surface area contributed by atoms with Crippen molar-refractivity contribution in [3.05, 3.63) is 30.1 Å². The maximum absolute atomic E-state index is 12.8. The topological polar surface area (TPSA) is 36.4 Å². The molecule has 2 saturated carbocycles. The highest BCUT2D eigenvalue weighted by atomic mass is 16.2. The van der Waals surface area contributed by atoms with Crippen LogP contribution in [0.15, 0.2) is 24.5 Å². The van der Waals surface area contributed by atoms with Gasteiger partial charge >= 0.3 is 0 Å². The van der Waals surface area contributed by atoms with Crippen molar-refractivity contribution in [2.24, 2.45) is 17.8 Å². The number of nitrogens with zero attached hydrogens (tertiary/aromatic N) is 3. The largest absolute Gasteiger partial charge is 0.340 e. The minimum atomic E-state index is 0.352. The van der Waals surface area contributed by atoms with Crippen LogP contribution in [-0.4, -0.2) is 46.9 Å². The van der Waals surface area contributed by atoms with E-state index in [0.29, 0.717) is 17.7 Å². The van der Waals surface area contributed by atoms with E-state index < -0.39 is 0 Å². The molecule has 118 valence electrons. The van der Waals surface area contributed by atoms with Gasteiger partial charge in [-0.05, 0) is 48.8 Å². The van der Waals surface area contributed by atoms with Gasteiger partial charge in [-0.1, -0.05) is 6.42 Å². The average Bonchev–Trinajstić information content (AvgIpc) is 3.19. The Labute approximate surface area is 132 Å². The zero-order valence-electron chi connectivity index (χ0n) is 13.2. The Balaban J connectivity index is 1.29. The first-order valence-corrected chi connectivity index (χ1v) is 8.69. The second kappa shape index (κ2) is 5.99. The Morgan fingerprint density at radius 1 is 1.09 bits per heavy atom. The summed E-state index contributed by atoms with van der Waals surface area (Å²) in [6, 6.07) is 4.15. The van der Waals surface area contributed by atoms with Crippen LogP contribution in [0.25, 0.3) is 0 Å². The van der Waals surface area contributed by atoms with Crippen LogP contribution in [0.3, 0.4) is 0 Å². The molecule has 2 heterocycles. The number of rotatable bonds is 3. The highest BCUT2D eigenvalue weighted by Crippen LogP contribution is 2.48. The van der Waals surface area contributed by atoms with Crippen molar-refractivity contribution in [2.45, 2.75) is 32.2 Å². The summed E-state index contributed by atoms with van der Waals surface area (Å²) in [5.74, 6) is 2.36. The number of piperazine rings is 1. The highest BCUT2D eigenvalue weighted by Gasteiger charge is 2.44. The molecule has 1 amide bonds. The fourth-order valence-corrected chi connectivity index (χ4v) is 4.65. The van der Waals surface area contributed by atoms with Crippen molar-refractivity contribution in [3.8, 4) is 0 Å². The lowest BCUT2D eigenvalue weighted by atomic mass is 9.87. The maximum atomic E-state index is 12.8. The molecule has 2 bridgehead atoms. The normalized spacial score (nSPS) is 31.6. The molecule has 0 radical (unpaired) electrons. The van der Waals surface area contributed by atoms with Crippen LogP contribution >= 0.6 is 0 Å². The molecule has 1 saturated heterocycles. The molecule has 3 unspecified atom stereocenters. The number of carbonyl (C=O) groups is 1. The maximum Gasteiger partial charge on any atom is 0.226 e. The zero-order valence-corrected chi connectivity index (χ0v) is 13.2. The predicted octanol–water partition coefficient (Wildman–Crippen LogP) is 2.16. The van der Waals surface area contributed by atoms with Crippen LogP contribution in [0, 0.1) is 17.8 Å². The van der Waals surface area contributed by atoms with Gasteiger partial charge in [0.25, 0.3) is 0 Å². The van der Waals surface area contributed by atoms with Gasteiger partial charge in [0.1, 0.15) is 0 Å². The van der Waals surface area contributed by atoms with E-state index >= 15 is 0 Å². The quantitative estimate of drug-likeness (QED) is 0.858. The van der Waals surface area contributed by atoms with Gasteiger partial charge in [0, 0.05) is 51.0 Å². The summed E-state index contributed by atoms with van der Waals surface area (Å²) in [5.41, 5.74) is 1.31. The highest BCUT2D eigenvalue weighted by molar-refractivity contribution is 5.79. The van der Waals surface area contributed by atoms with E-state index in [4.69, 9.17) is 0 Å². The third kappa shape index (κ3) is 2.76. The van der Waals surface area contributed by atoms with Crippen LogP contribution in [0.4, 0.5) is 0 Å². The molecular weight excluding hydrogens is 274 g/mol. The van der Waals surface area contributed by atoms with Crippen LogP contribution < -0.4 is 0 Å². The van der Waals surface area contributed by atoms with Gasteiger partial charge in [-0.15, -0.1) is 0 Å². The Hall–Kier alpha value is -1.42. The Kier molecular flexibility index (Phi) is 3.87.